The molecule has 0 aliphatic heterocycles. The zero-order valence-electron chi connectivity index (χ0n) is 11.7. The van der Waals surface area contributed by atoms with Gasteiger partial charge in [0.25, 0.3) is 5.89 Å². The summed E-state index contributed by atoms with van der Waals surface area (Å²) in [7, 11) is 3.76. The minimum absolute atomic E-state index is 0.0276. The summed E-state index contributed by atoms with van der Waals surface area (Å²) < 4.78 is 33.8. The van der Waals surface area contributed by atoms with Crippen LogP contribution in [-0.2, 0) is 0 Å². The Balaban J connectivity index is 2.17. The highest BCUT2D eigenvalue weighted by molar-refractivity contribution is 5.55. The largest absolute Gasteiger partial charge is 0.435 e. The van der Waals surface area contributed by atoms with Gasteiger partial charge < -0.3 is 19.9 Å². The lowest BCUT2D eigenvalue weighted by atomic mass is 10.2. The number of rotatable bonds is 6. The van der Waals surface area contributed by atoms with Gasteiger partial charge in [-0.2, -0.15) is 13.8 Å². The molecule has 1 unspecified atom stereocenters. The van der Waals surface area contributed by atoms with Crippen LogP contribution < -0.4 is 10.5 Å². The molecule has 1 heterocycles. The van der Waals surface area contributed by atoms with Crippen LogP contribution in [0.25, 0.3) is 11.5 Å². The molecular formula is C13H16F2N4O2. The van der Waals surface area contributed by atoms with E-state index < -0.39 is 12.7 Å². The molecule has 8 heteroatoms. The number of nitrogens with two attached hydrogens (primary N) is 1. The van der Waals surface area contributed by atoms with Crippen molar-refractivity contribution in [2.45, 2.75) is 12.7 Å². The van der Waals surface area contributed by atoms with E-state index in [1.54, 1.807) is 12.1 Å². The van der Waals surface area contributed by atoms with Crippen LogP contribution in [0.15, 0.2) is 28.8 Å². The number of hydrogen-bond donors (Lipinski definition) is 1. The molecule has 0 bridgehead atoms. The van der Waals surface area contributed by atoms with E-state index in [0.717, 1.165) is 0 Å². The van der Waals surface area contributed by atoms with Crippen molar-refractivity contribution in [2.24, 2.45) is 5.73 Å². The van der Waals surface area contributed by atoms with Gasteiger partial charge in [-0.25, -0.2) is 0 Å². The summed E-state index contributed by atoms with van der Waals surface area (Å²) >= 11 is 0. The molecule has 114 valence electrons. The predicted octanol–water partition coefficient (Wildman–Crippen LogP) is 1.90. The summed E-state index contributed by atoms with van der Waals surface area (Å²) in [5.41, 5.74) is 6.42. The summed E-state index contributed by atoms with van der Waals surface area (Å²) in [5, 5.41) is 3.81. The van der Waals surface area contributed by atoms with E-state index in [0.29, 0.717) is 17.9 Å². The monoisotopic (exact) mass is 298 g/mol. The molecule has 6 nitrogen and oxygen atoms in total. The molecule has 0 spiro atoms. The molecule has 2 N–H and O–H groups in total. The fraction of sp³-hybridized carbons (Fsp3) is 0.385. The number of likely N-dealkylation sites (N-methyl/N-ethyl adjacent to an activating group) is 1. The Morgan fingerprint density at radius 1 is 1.38 bits per heavy atom. The Morgan fingerprint density at radius 2 is 2.14 bits per heavy atom. The topological polar surface area (TPSA) is 77.4 Å². The van der Waals surface area contributed by atoms with Crippen LogP contribution in [0.4, 0.5) is 8.78 Å². The Kier molecular flexibility index (Phi) is 4.81. The van der Waals surface area contributed by atoms with Crippen LogP contribution in [0.2, 0.25) is 0 Å². The van der Waals surface area contributed by atoms with Gasteiger partial charge in [0.2, 0.25) is 0 Å². The number of halogens is 2. The molecule has 0 fully saturated rings. The van der Waals surface area contributed by atoms with Crippen molar-refractivity contribution in [2.75, 3.05) is 20.6 Å². The van der Waals surface area contributed by atoms with Crippen molar-refractivity contribution in [1.82, 2.24) is 15.0 Å². The van der Waals surface area contributed by atoms with E-state index in [2.05, 4.69) is 14.9 Å². The summed E-state index contributed by atoms with van der Waals surface area (Å²) in [4.78, 5) is 6.08. The van der Waals surface area contributed by atoms with Gasteiger partial charge in [-0.1, -0.05) is 11.2 Å². The van der Waals surface area contributed by atoms with Crippen molar-refractivity contribution in [3.8, 4) is 17.2 Å². The first-order valence-electron chi connectivity index (χ1n) is 6.25. The Bertz CT molecular complexity index is 589. The van der Waals surface area contributed by atoms with Crippen molar-refractivity contribution in [3.05, 3.63) is 30.1 Å². The summed E-state index contributed by atoms with van der Waals surface area (Å²) in [6.45, 7) is -2.32. The van der Waals surface area contributed by atoms with Crippen molar-refractivity contribution in [1.29, 1.82) is 0 Å². The van der Waals surface area contributed by atoms with Gasteiger partial charge in [0, 0.05) is 12.1 Å². The molecule has 1 atom stereocenters. The van der Waals surface area contributed by atoms with Gasteiger partial charge in [0.15, 0.2) is 5.82 Å². The first-order valence-corrected chi connectivity index (χ1v) is 6.25. The van der Waals surface area contributed by atoms with Gasteiger partial charge in [-0.05, 0) is 32.3 Å². The lowest BCUT2D eigenvalue weighted by molar-refractivity contribution is -0.0498. The molecule has 21 heavy (non-hydrogen) atoms. The Hall–Kier alpha value is -2.06. The summed E-state index contributed by atoms with van der Waals surface area (Å²) in [6.07, 6.45) is 0. The van der Waals surface area contributed by atoms with E-state index in [-0.39, 0.29) is 11.6 Å². The zero-order valence-corrected chi connectivity index (χ0v) is 11.7. The van der Waals surface area contributed by atoms with Gasteiger partial charge in [-0.15, -0.1) is 0 Å². The molecule has 0 amide bonds. The molecule has 0 aliphatic rings. The summed E-state index contributed by atoms with van der Waals surface area (Å²) in [5.74, 6) is 0.595. The minimum atomic E-state index is -2.88. The maximum Gasteiger partial charge on any atom is 0.387 e. The SMILES string of the molecule is CN(C)CC(N)c1noc(-c2cccc(OC(F)F)c2)n1. The maximum absolute atomic E-state index is 12.2. The van der Waals surface area contributed by atoms with Crippen LogP contribution in [0, 0.1) is 0 Å². The lowest BCUT2D eigenvalue weighted by Crippen LogP contribution is -2.26. The van der Waals surface area contributed by atoms with Crippen molar-refractivity contribution >= 4 is 0 Å². The quantitative estimate of drug-likeness (QED) is 0.877. The number of ether oxygens (including phenoxy) is 1. The van der Waals surface area contributed by atoms with E-state index >= 15 is 0 Å². The van der Waals surface area contributed by atoms with Crippen LogP contribution in [0.5, 0.6) is 5.75 Å². The van der Waals surface area contributed by atoms with Gasteiger partial charge in [-0.3, -0.25) is 0 Å². The second-order valence-electron chi connectivity index (χ2n) is 4.73. The fourth-order valence-corrected chi connectivity index (χ4v) is 1.78. The normalized spacial score (nSPS) is 12.9. The Morgan fingerprint density at radius 3 is 2.81 bits per heavy atom. The summed E-state index contributed by atoms with van der Waals surface area (Å²) in [6, 6.07) is 5.66. The van der Waals surface area contributed by atoms with E-state index in [1.807, 2.05) is 19.0 Å². The number of hydrogen-bond acceptors (Lipinski definition) is 6. The number of benzene rings is 1. The molecule has 0 saturated carbocycles. The average Bonchev–Trinajstić information content (AvgIpc) is 2.87. The van der Waals surface area contributed by atoms with Crippen molar-refractivity contribution < 1.29 is 18.0 Å². The van der Waals surface area contributed by atoms with Crippen LogP contribution in [0.1, 0.15) is 11.9 Å². The van der Waals surface area contributed by atoms with Crippen LogP contribution in [-0.4, -0.2) is 42.3 Å². The van der Waals surface area contributed by atoms with Gasteiger partial charge in [0.05, 0.1) is 6.04 Å². The van der Waals surface area contributed by atoms with E-state index in [1.165, 1.54) is 12.1 Å². The number of alkyl halides is 2. The first kappa shape index (κ1) is 15.3. The smallest absolute Gasteiger partial charge is 0.387 e. The highest BCUT2D eigenvalue weighted by Crippen LogP contribution is 2.24. The first-order chi connectivity index (χ1) is 9.95. The predicted molar refractivity (Wildman–Crippen MR) is 71.8 cm³/mol. The molecule has 1 aromatic carbocycles. The molecule has 2 aromatic rings. The standard InChI is InChI=1S/C13H16F2N4O2/c1-19(2)7-10(16)11-17-12(21-18-11)8-4-3-5-9(6-8)20-13(14)15/h3-6,10,13H,7,16H2,1-2H3. The van der Waals surface area contributed by atoms with E-state index in [9.17, 15) is 8.78 Å². The molecule has 0 radical (unpaired) electrons. The lowest BCUT2D eigenvalue weighted by Gasteiger charge is -2.12. The van der Waals surface area contributed by atoms with Gasteiger partial charge >= 0.3 is 6.61 Å². The molecule has 2 rings (SSSR count). The minimum Gasteiger partial charge on any atom is -0.435 e. The van der Waals surface area contributed by atoms with E-state index in [4.69, 9.17) is 10.3 Å². The highest BCUT2D eigenvalue weighted by atomic mass is 19.3. The third kappa shape index (κ3) is 4.20. The zero-order chi connectivity index (χ0) is 15.4. The molecular weight excluding hydrogens is 282 g/mol. The van der Waals surface area contributed by atoms with Crippen LogP contribution in [0.3, 0.4) is 0 Å². The average molecular weight is 298 g/mol. The molecule has 0 aliphatic carbocycles. The second kappa shape index (κ2) is 6.59. The third-order valence-corrected chi connectivity index (χ3v) is 2.64. The second-order valence-corrected chi connectivity index (χ2v) is 4.73. The Labute approximate surface area is 120 Å². The highest BCUT2D eigenvalue weighted by Gasteiger charge is 2.16. The van der Waals surface area contributed by atoms with Crippen LogP contribution >= 0.6 is 0 Å². The molecule has 0 saturated heterocycles. The number of aromatic nitrogens is 2. The van der Waals surface area contributed by atoms with Gasteiger partial charge in [0.1, 0.15) is 5.75 Å². The van der Waals surface area contributed by atoms with Crippen molar-refractivity contribution in [3.63, 3.8) is 0 Å². The fourth-order valence-electron chi connectivity index (χ4n) is 1.78. The molecule has 1 aromatic heterocycles. The third-order valence-electron chi connectivity index (χ3n) is 2.64. The maximum atomic E-state index is 12.2. The number of nitrogens with zero attached hydrogens (tertiary/aromatic N) is 3.